The molecule has 1 aromatic carbocycles. The summed E-state index contributed by atoms with van der Waals surface area (Å²) in [7, 11) is -3.20. The number of rotatable bonds is 6. The van der Waals surface area contributed by atoms with Crippen LogP contribution in [0.2, 0.25) is 0 Å². The molecule has 1 aliphatic carbocycles. The van der Waals surface area contributed by atoms with Crippen LogP contribution in [0.4, 0.5) is 5.69 Å². The minimum absolute atomic E-state index is 0.146. The van der Waals surface area contributed by atoms with Crippen LogP contribution in [0.25, 0.3) is 11.3 Å². The molecule has 0 bridgehead atoms. The molecule has 0 saturated carbocycles. The number of benzene rings is 1. The number of hydrogen-bond donors (Lipinski definition) is 0. The maximum atomic E-state index is 11.8. The minimum atomic E-state index is -3.20. The first kappa shape index (κ1) is 26.6. The van der Waals surface area contributed by atoms with Gasteiger partial charge in [0.25, 0.3) is 0 Å². The molecule has 1 unspecified atom stereocenters. The number of allylic oxidation sites excluding steroid dienone is 3. The van der Waals surface area contributed by atoms with Gasteiger partial charge in [-0.3, -0.25) is 4.99 Å². The van der Waals surface area contributed by atoms with Crippen LogP contribution < -0.4 is 4.74 Å². The molecule has 0 amide bonds. The van der Waals surface area contributed by atoms with Gasteiger partial charge in [0.15, 0.2) is 0 Å². The summed E-state index contributed by atoms with van der Waals surface area (Å²) in [5.74, 6) is 0.709. The largest absolute Gasteiger partial charge is 0.489 e. The first-order chi connectivity index (χ1) is 19.4. The van der Waals surface area contributed by atoms with Crippen molar-refractivity contribution in [3.8, 4) is 23.1 Å². The standard InChI is InChI=1S/C29H32N6O4S/c1-40(36,37)35-10-8-24(9-11-35)39-27-7-4-21(16-22(27)18-30)28-29-26(31-19-32-28)17-25(33-29)20-2-5-23(6-3-20)34-12-14-38-15-13-34/h2,4-7,16,19-20,24H,3,8-15,17H2,1H3. The SMILES string of the molecule is CS(=O)(=O)N1CCC(Oc2ccc(-c3ncnc4c3N=C(C3C=CC(N5CCOCC5)=CC3)C4)cc2C#N)CC1. The molecule has 2 saturated heterocycles. The van der Waals surface area contributed by atoms with Crippen LogP contribution in [0.3, 0.4) is 0 Å². The van der Waals surface area contributed by atoms with Crippen LogP contribution in [-0.4, -0.2) is 85.1 Å². The van der Waals surface area contributed by atoms with Crippen LogP contribution in [0, 0.1) is 17.2 Å². The summed E-state index contributed by atoms with van der Waals surface area (Å²) in [5, 5.41) is 9.89. The highest BCUT2D eigenvalue weighted by Crippen LogP contribution is 2.38. The molecule has 0 spiro atoms. The number of nitriles is 1. The average molecular weight is 561 g/mol. The quantitative estimate of drug-likeness (QED) is 0.528. The summed E-state index contributed by atoms with van der Waals surface area (Å²) >= 11 is 0. The van der Waals surface area contributed by atoms with Crippen LogP contribution >= 0.6 is 0 Å². The predicted molar refractivity (Wildman–Crippen MR) is 151 cm³/mol. The molecule has 0 radical (unpaired) electrons. The van der Waals surface area contributed by atoms with Crippen molar-refractivity contribution in [3.63, 3.8) is 0 Å². The van der Waals surface area contributed by atoms with Gasteiger partial charge in [0, 0.05) is 55.5 Å². The first-order valence-electron chi connectivity index (χ1n) is 13.7. The van der Waals surface area contributed by atoms with Gasteiger partial charge in [0.2, 0.25) is 10.0 Å². The maximum absolute atomic E-state index is 11.8. The molecule has 11 heteroatoms. The Morgan fingerprint density at radius 1 is 1.12 bits per heavy atom. The molecule has 0 N–H and O–H groups in total. The molecule has 1 atom stereocenters. The second-order valence-electron chi connectivity index (χ2n) is 10.5. The number of fused-ring (bicyclic) bond motifs is 1. The number of ether oxygens (including phenoxy) is 2. The summed E-state index contributed by atoms with van der Waals surface area (Å²) < 4.78 is 36.7. The lowest BCUT2D eigenvalue weighted by Crippen LogP contribution is -2.41. The molecule has 2 aromatic rings. The lowest BCUT2D eigenvalue weighted by atomic mass is 9.92. The molecule has 2 fully saturated rings. The minimum Gasteiger partial charge on any atom is -0.489 e. The van der Waals surface area contributed by atoms with E-state index < -0.39 is 10.0 Å². The van der Waals surface area contributed by atoms with Gasteiger partial charge in [-0.1, -0.05) is 12.2 Å². The number of aromatic nitrogens is 2. The fraction of sp³-hybridized carbons (Fsp3) is 0.448. The number of morpholine rings is 1. The number of sulfonamides is 1. The van der Waals surface area contributed by atoms with Gasteiger partial charge >= 0.3 is 0 Å². The van der Waals surface area contributed by atoms with Crippen molar-refractivity contribution >= 4 is 21.4 Å². The van der Waals surface area contributed by atoms with Gasteiger partial charge in [-0.05, 0) is 43.5 Å². The zero-order valence-corrected chi connectivity index (χ0v) is 23.3. The van der Waals surface area contributed by atoms with E-state index in [-0.39, 0.29) is 12.0 Å². The van der Waals surface area contributed by atoms with Gasteiger partial charge in [0.1, 0.15) is 29.9 Å². The van der Waals surface area contributed by atoms with E-state index in [9.17, 15) is 13.7 Å². The van der Waals surface area contributed by atoms with Crippen LogP contribution in [0.1, 0.15) is 30.5 Å². The number of aliphatic imine (C=N–C) groups is 1. The fourth-order valence-corrected chi connectivity index (χ4v) is 6.56. The Labute approximate surface area is 234 Å². The average Bonchev–Trinajstić information content (AvgIpc) is 3.42. The maximum Gasteiger partial charge on any atom is 0.211 e. The Morgan fingerprint density at radius 2 is 1.93 bits per heavy atom. The first-order valence-corrected chi connectivity index (χ1v) is 15.5. The number of hydrogen-bond acceptors (Lipinski definition) is 9. The summed E-state index contributed by atoms with van der Waals surface area (Å²) in [6, 6.07) is 7.73. The zero-order chi connectivity index (χ0) is 27.7. The summed E-state index contributed by atoms with van der Waals surface area (Å²) in [6.45, 7) is 4.20. The number of piperidine rings is 1. The molecule has 208 valence electrons. The molecule has 40 heavy (non-hydrogen) atoms. The summed E-state index contributed by atoms with van der Waals surface area (Å²) in [4.78, 5) is 16.4. The van der Waals surface area contributed by atoms with E-state index in [1.807, 2.05) is 6.07 Å². The third-order valence-electron chi connectivity index (χ3n) is 7.92. The monoisotopic (exact) mass is 560 g/mol. The van der Waals surface area contributed by atoms with Gasteiger partial charge in [-0.15, -0.1) is 0 Å². The van der Waals surface area contributed by atoms with E-state index in [2.05, 4.69) is 39.2 Å². The highest BCUT2D eigenvalue weighted by Gasteiger charge is 2.28. The Hall–Kier alpha value is -3.59. The van der Waals surface area contributed by atoms with Crippen LogP contribution in [0.5, 0.6) is 5.75 Å². The van der Waals surface area contributed by atoms with Crippen LogP contribution in [-0.2, 0) is 21.2 Å². The van der Waals surface area contributed by atoms with E-state index >= 15 is 0 Å². The smallest absolute Gasteiger partial charge is 0.211 e. The van der Waals surface area contributed by atoms with Gasteiger partial charge < -0.3 is 14.4 Å². The van der Waals surface area contributed by atoms with Gasteiger partial charge in [0.05, 0.1) is 36.4 Å². The van der Waals surface area contributed by atoms with Crippen molar-refractivity contribution in [2.24, 2.45) is 10.9 Å². The van der Waals surface area contributed by atoms with E-state index in [0.717, 1.165) is 55.4 Å². The van der Waals surface area contributed by atoms with E-state index in [4.69, 9.17) is 14.5 Å². The molecular weight excluding hydrogens is 528 g/mol. The molecule has 6 rings (SSSR count). The van der Waals surface area contributed by atoms with Crippen molar-refractivity contribution in [2.75, 3.05) is 45.6 Å². The van der Waals surface area contributed by atoms with E-state index in [1.165, 1.54) is 16.3 Å². The third kappa shape index (κ3) is 5.52. The Morgan fingerprint density at radius 3 is 2.62 bits per heavy atom. The van der Waals surface area contributed by atoms with Gasteiger partial charge in [-0.25, -0.2) is 22.7 Å². The highest BCUT2D eigenvalue weighted by atomic mass is 32.2. The lowest BCUT2D eigenvalue weighted by molar-refractivity contribution is 0.0551. The van der Waals surface area contributed by atoms with E-state index in [0.29, 0.717) is 49.4 Å². The molecule has 10 nitrogen and oxygen atoms in total. The molecule has 4 heterocycles. The summed E-state index contributed by atoms with van der Waals surface area (Å²) in [6.07, 6.45) is 12.1. The second-order valence-corrected chi connectivity index (χ2v) is 12.5. The van der Waals surface area contributed by atoms with Crippen molar-refractivity contribution in [1.29, 1.82) is 5.26 Å². The van der Waals surface area contributed by atoms with Crippen LogP contribution in [0.15, 0.2) is 53.4 Å². The predicted octanol–water partition coefficient (Wildman–Crippen LogP) is 3.24. The summed E-state index contributed by atoms with van der Waals surface area (Å²) in [5.41, 5.74) is 5.89. The van der Waals surface area contributed by atoms with Crippen molar-refractivity contribution in [2.45, 2.75) is 31.8 Å². The van der Waals surface area contributed by atoms with Gasteiger partial charge in [-0.2, -0.15) is 5.26 Å². The lowest BCUT2D eigenvalue weighted by Gasteiger charge is -2.31. The Kier molecular flexibility index (Phi) is 7.40. The fourth-order valence-electron chi connectivity index (χ4n) is 5.68. The van der Waals surface area contributed by atoms with Crippen molar-refractivity contribution in [3.05, 3.63) is 59.7 Å². The van der Waals surface area contributed by atoms with E-state index in [1.54, 1.807) is 18.5 Å². The highest BCUT2D eigenvalue weighted by molar-refractivity contribution is 7.88. The third-order valence-corrected chi connectivity index (χ3v) is 9.23. The topological polar surface area (TPSA) is 121 Å². The zero-order valence-electron chi connectivity index (χ0n) is 22.5. The molecular formula is C29H32N6O4S. The van der Waals surface area contributed by atoms with Crippen molar-refractivity contribution < 1.29 is 17.9 Å². The Bertz CT molecular complexity index is 1530. The second kappa shape index (κ2) is 11.1. The molecule has 1 aromatic heterocycles. The Balaban J connectivity index is 1.17. The van der Waals surface area contributed by atoms with Crippen molar-refractivity contribution in [1.82, 2.24) is 19.2 Å². The molecule has 3 aliphatic heterocycles. The molecule has 4 aliphatic rings. The normalized spacial score (nSPS) is 21.9. The number of nitrogens with zero attached hydrogens (tertiary/aromatic N) is 6.